The maximum Gasteiger partial charge on any atom is 0.226 e. The van der Waals surface area contributed by atoms with E-state index in [1.807, 2.05) is 17.9 Å². The number of rotatable bonds is 7. The third-order valence-electron chi connectivity index (χ3n) is 11.0. The molecule has 3 saturated heterocycles. The van der Waals surface area contributed by atoms with Crippen LogP contribution in [0.15, 0.2) is 36.7 Å². The molecule has 10 nitrogen and oxygen atoms in total. The van der Waals surface area contributed by atoms with Gasteiger partial charge in [-0.3, -0.25) is 4.79 Å². The number of likely N-dealkylation sites (tertiary alicyclic amines) is 1. The van der Waals surface area contributed by atoms with E-state index in [4.69, 9.17) is 28.2 Å². The van der Waals surface area contributed by atoms with Crippen molar-refractivity contribution in [2.45, 2.75) is 69.6 Å². The molecule has 13 heteroatoms. The molecule has 1 amide bonds. The number of aromatic nitrogens is 6. The van der Waals surface area contributed by atoms with Crippen LogP contribution in [-0.4, -0.2) is 59.7 Å². The molecule has 3 aromatic heterocycles. The topological polar surface area (TPSA) is 118 Å². The van der Waals surface area contributed by atoms with Crippen molar-refractivity contribution in [1.29, 1.82) is 5.26 Å². The Labute approximate surface area is 285 Å². The van der Waals surface area contributed by atoms with Crippen LogP contribution in [0.2, 0.25) is 10.0 Å². The SMILES string of the molecule is Cc1nc2c(F)c(-c3cccc(Cl)c3Cl)c(CCC#N)cc2c2c1cc([C@H]1C[C@H](n3cnnn3)CN1C(=O)C1CC1)n2[C@H]1[C@H]2CN[C@@H]1C2. The summed E-state index contributed by atoms with van der Waals surface area (Å²) in [7, 11) is 0. The van der Waals surface area contributed by atoms with E-state index < -0.39 is 5.82 Å². The first-order valence-corrected chi connectivity index (χ1v) is 17.3. The number of carbonyl (C=O) groups excluding carboxylic acids is 1. The number of nitriles is 1. The van der Waals surface area contributed by atoms with Crippen LogP contribution in [-0.2, 0) is 11.2 Å². The van der Waals surface area contributed by atoms with Gasteiger partial charge >= 0.3 is 0 Å². The van der Waals surface area contributed by atoms with E-state index in [9.17, 15) is 10.1 Å². The zero-order chi connectivity index (χ0) is 32.8. The van der Waals surface area contributed by atoms with Crippen molar-refractivity contribution in [1.82, 2.24) is 40.0 Å². The van der Waals surface area contributed by atoms with Crippen molar-refractivity contribution in [3.8, 4) is 17.2 Å². The van der Waals surface area contributed by atoms with Gasteiger partial charge in [0.15, 0.2) is 5.82 Å². The Morgan fingerprint density at radius 3 is 2.75 bits per heavy atom. The molecule has 2 aliphatic carbocycles. The lowest BCUT2D eigenvalue weighted by Gasteiger charge is -2.39. The number of benzene rings is 2. The van der Waals surface area contributed by atoms with E-state index in [-0.39, 0.29) is 53.0 Å². The van der Waals surface area contributed by atoms with E-state index in [0.29, 0.717) is 58.1 Å². The molecule has 48 heavy (non-hydrogen) atoms. The second-order valence-electron chi connectivity index (χ2n) is 13.7. The summed E-state index contributed by atoms with van der Waals surface area (Å²) in [5.74, 6) is 0.167. The highest BCUT2D eigenvalue weighted by molar-refractivity contribution is 6.43. The van der Waals surface area contributed by atoms with E-state index >= 15 is 4.39 Å². The van der Waals surface area contributed by atoms with Gasteiger partial charge in [0.1, 0.15) is 11.8 Å². The first-order chi connectivity index (χ1) is 23.3. The van der Waals surface area contributed by atoms with E-state index in [1.165, 1.54) is 0 Å². The van der Waals surface area contributed by atoms with Gasteiger partial charge < -0.3 is 14.8 Å². The Bertz CT molecular complexity index is 2160. The highest BCUT2D eigenvalue weighted by Gasteiger charge is 2.51. The summed E-state index contributed by atoms with van der Waals surface area (Å²) in [6.45, 7) is 3.36. The monoisotopic (exact) mass is 683 g/mol. The van der Waals surface area contributed by atoms with Crippen molar-refractivity contribution in [3.05, 3.63) is 69.5 Å². The summed E-state index contributed by atoms with van der Waals surface area (Å²) in [6, 6.07) is 11.7. The zero-order valence-electron chi connectivity index (χ0n) is 26.2. The number of nitrogens with one attached hydrogen (secondary N) is 1. The smallest absolute Gasteiger partial charge is 0.226 e. The minimum atomic E-state index is -0.483. The number of pyridine rings is 1. The number of hydrogen-bond acceptors (Lipinski definition) is 7. The molecule has 2 saturated carbocycles. The van der Waals surface area contributed by atoms with Gasteiger partial charge in [0, 0.05) is 64.8 Å². The summed E-state index contributed by atoms with van der Waals surface area (Å²) in [4.78, 5) is 20.8. The fourth-order valence-electron chi connectivity index (χ4n) is 8.53. The highest BCUT2D eigenvalue weighted by Crippen LogP contribution is 2.52. The maximum absolute atomic E-state index is 17.1. The van der Waals surface area contributed by atoms with Crippen LogP contribution in [0.5, 0.6) is 0 Å². The first-order valence-electron chi connectivity index (χ1n) is 16.6. The number of nitrogens with zero attached hydrogens (tertiary/aromatic N) is 8. The minimum Gasteiger partial charge on any atom is -0.337 e. The molecule has 0 unspecified atom stereocenters. The molecule has 5 aliphatic rings. The van der Waals surface area contributed by atoms with Gasteiger partial charge in [0.2, 0.25) is 5.91 Å². The molecule has 10 rings (SSSR count). The van der Waals surface area contributed by atoms with Crippen molar-refractivity contribution in [2.24, 2.45) is 11.8 Å². The van der Waals surface area contributed by atoms with Gasteiger partial charge in [-0.25, -0.2) is 14.1 Å². The lowest BCUT2D eigenvalue weighted by molar-refractivity contribution is -0.133. The number of aryl methyl sites for hydroxylation is 2. The van der Waals surface area contributed by atoms with Crippen molar-refractivity contribution in [2.75, 3.05) is 13.1 Å². The number of halogens is 3. The highest BCUT2D eigenvalue weighted by atomic mass is 35.5. The molecule has 1 N–H and O–H groups in total. The molecule has 0 radical (unpaired) electrons. The van der Waals surface area contributed by atoms with Crippen LogP contribution in [0.3, 0.4) is 0 Å². The molecule has 244 valence electrons. The Hall–Kier alpha value is -4.11. The van der Waals surface area contributed by atoms with Crippen LogP contribution in [0.4, 0.5) is 4.39 Å². The molecular weight excluding hydrogens is 652 g/mol. The Balaban J connectivity index is 1.30. The van der Waals surface area contributed by atoms with E-state index in [2.05, 4.69) is 37.5 Å². The molecular formula is C35H32Cl2FN9O. The molecule has 0 spiro atoms. The van der Waals surface area contributed by atoms with Gasteiger partial charge in [-0.2, -0.15) is 5.26 Å². The van der Waals surface area contributed by atoms with Crippen molar-refractivity contribution < 1.29 is 9.18 Å². The van der Waals surface area contributed by atoms with E-state index in [1.54, 1.807) is 29.2 Å². The van der Waals surface area contributed by atoms with Gasteiger partial charge in [-0.15, -0.1) is 5.10 Å². The third-order valence-corrected chi connectivity index (χ3v) is 11.8. The first kappa shape index (κ1) is 30.0. The van der Waals surface area contributed by atoms with Crippen LogP contribution in [0, 0.1) is 35.9 Å². The van der Waals surface area contributed by atoms with Gasteiger partial charge in [-0.05, 0) is 79.1 Å². The number of amides is 1. The summed E-state index contributed by atoms with van der Waals surface area (Å²) < 4.78 is 21.3. The van der Waals surface area contributed by atoms with Gasteiger partial charge in [0.05, 0.1) is 39.8 Å². The van der Waals surface area contributed by atoms with Crippen molar-refractivity contribution >= 4 is 50.9 Å². The molecule has 5 atom stereocenters. The Kier molecular flexibility index (Phi) is 7.01. The average Bonchev–Trinajstić information content (AvgIpc) is 3.61. The minimum absolute atomic E-state index is 0.0530. The lowest BCUT2D eigenvalue weighted by atomic mass is 9.79. The Morgan fingerprint density at radius 1 is 1.19 bits per heavy atom. The van der Waals surface area contributed by atoms with E-state index in [0.717, 1.165) is 42.4 Å². The van der Waals surface area contributed by atoms with Crippen molar-refractivity contribution in [3.63, 3.8) is 0 Å². The third kappa shape index (κ3) is 4.49. The maximum atomic E-state index is 17.1. The second kappa shape index (κ2) is 11.2. The molecule has 6 heterocycles. The fourth-order valence-corrected chi connectivity index (χ4v) is 8.92. The van der Waals surface area contributed by atoms with Gasteiger partial charge in [0.25, 0.3) is 0 Å². The molecule has 3 aliphatic heterocycles. The molecule has 2 bridgehead atoms. The quantitative estimate of drug-likeness (QED) is 0.208. The van der Waals surface area contributed by atoms with Gasteiger partial charge in [-0.1, -0.05) is 35.3 Å². The normalized spacial score (nSPS) is 24.8. The van der Waals surface area contributed by atoms with Crippen LogP contribution in [0.25, 0.3) is 32.9 Å². The number of tetrazole rings is 1. The number of hydrogen-bond donors (Lipinski definition) is 1. The Morgan fingerprint density at radius 2 is 2.04 bits per heavy atom. The zero-order valence-corrected chi connectivity index (χ0v) is 27.7. The molecule has 5 aromatic rings. The van der Waals surface area contributed by atoms with Crippen LogP contribution < -0.4 is 5.32 Å². The second-order valence-corrected chi connectivity index (χ2v) is 14.5. The predicted molar refractivity (Wildman–Crippen MR) is 179 cm³/mol. The summed E-state index contributed by atoms with van der Waals surface area (Å²) in [5, 5.41) is 27.4. The van der Waals surface area contributed by atoms with Crippen LogP contribution >= 0.6 is 23.2 Å². The number of carbonyl (C=O) groups is 1. The summed E-state index contributed by atoms with van der Waals surface area (Å²) in [5.41, 5.74) is 4.38. The molecule has 5 fully saturated rings. The number of fused-ring (bicyclic) bond motifs is 4. The summed E-state index contributed by atoms with van der Waals surface area (Å²) in [6.07, 6.45) is 5.73. The van der Waals surface area contributed by atoms with Crippen LogP contribution in [0.1, 0.15) is 67.2 Å². The fraction of sp³-hybridized carbons (Fsp3) is 0.429. The standard InChI is InChI=1S/C35H32Cl2FN9O/c1-17-23-13-28(27-12-21(46-16-41-43-44-46)15-45(27)35(48)18-7-8-18)47(33-20-11-26(33)40-14-20)34(23)24-10-19(4-3-9-39)29(31(38)32(24)42-17)22-5-2-6-25(36)30(22)37/h2,5-6,10,13,16,18,20-21,26-27,33,40H,3-4,7-8,11-12,14-15H2,1H3/t20-,21+,26-,27-,33+/m1/s1. The average molecular weight is 685 g/mol. The molecule has 2 aromatic carbocycles. The summed E-state index contributed by atoms with van der Waals surface area (Å²) >= 11 is 13.1. The predicted octanol–water partition coefficient (Wildman–Crippen LogP) is 6.51. The largest absolute Gasteiger partial charge is 0.337 e. The lowest BCUT2D eigenvalue weighted by Crippen LogP contribution is -2.41.